The first-order chi connectivity index (χ1) is 12.6. The van der Waals surface area contributed by atoms with Crippen molar-refractivity contribution in [2.75, 3.05) is 18.6 Å². The van der Waals surface area contributed by atoms with Crippen molar-refractivity contribution in [2.45, 2.75) is 18.8 Å². The number of nitrogens with two attached hydrogens (primary N) is 2. The van der Waals surface area contributed by atoms with E-state index in [9.17, 15) is 5.11 Å². The van der Waals surface area contributed by atoms with Gasteiger partial charge in [-0.2, -0.15) is 4.98 Å². The lowest BCUT2D eigenvalue weighted by Crippen LogP contribution is -2.31. The highest BCUT2D eigenvalue weighted by Gasteiger charge is 2.34. The van der Waals surface area contributed by atoms with E-state index in [0.717, 1.165) is 5.56 Å². The maximum Gasteiger partial charge on any atom is 0.222 e. The number of benzene rings is 2. The zero-order chi connectivity index (χ0) is 18.3. The Morgan fingerprint density at radius 2 is 2.00 bits per heavy atom. The number of hydrogen-bond donors (Lipinski definition) is 3. The SMILES string of the molecule is COC(O)C1Cc2c(Oc3ccccc3)cc3nc(N)nc(N)c3c2O1. The molecule has 134 valence electrons. The summed E-state index contributed by atoms with van der Waals surface area (Å²) in [5, 5.41) is 10.6. The molecule has 8 heteroatoms. The summed E-state index contributed by atoms with van der Waals surface area (Å²) in [6.45, 7) is 0. The molecule has 0 saturated carbocycles. The molecule has 3 aromatic rings. The van der Waals surface area contributed by atoms with Gasteiger partial charge in [-0.15, -0.1) is 0 Å². The van der Waals surface area contributed by atoms with Gasteiger partial charge in [0.1, 0.15) is 23.1 Å². The zero-order valence-corrected chi connectivity index (χ0v) is 14.0. The molecule has 0 saturated heterocycles. The van der Waals surface area contributed by atoms with Crippen LogP contribution in [0.25, 0.3) is 10.9 Å². The topological polar surface area (TPSA) is 126 Å². The fourth-order valence-electron chi connectivity index (χ4n) is 3.06. The minimum Gasteiger partial charge on any atom is -0.483 e. The Morgan fingerprint density at radius 1 is 1.23 bits per heavy atom. The number of nitrogen functional groups attached to an aromatic ring is 2. The summed E-state index contributed by atoms with van der Waals surface area (Å²) in [4.78, 5) is 8.25. The third-order valence-corrected chi connectivity index (χ3v) is 4.25. The summed E-state index contributed by atoms with van der Waals surface area (Å²) in [5.41, 5.74) is 13.0. The van der Waals surface area contributed by atoms with E-state index < -0.39 is 12.4 Å². The number of fused-ring (bicyclic) bond motifs is 3. The molecule has 2 aromatic carbocycles. The molecular weight excluding hydrogens is 336 g/mol. The lowest BCUT2D eigenvalue weighted by Gasteiger charge is -2.16. The number of methoxy groups -OCH3 is 1. The van der Waals surface area contributed by atoms with Gasteiger partial charge in [0.05, 0.1) is 10.9 Å². The van der Waals surface area contributed by atoms with Gasteiger partial charge in [0.2, 0.25) is 5.95 Å². The number of rotatable bonds is 4. The summed E-state index contributed by atoms with van der Waals surface area (Å²) in [6.07, 6.45) is -1.28. The fourth-order valence-corrected chi connectivity index (χ4v) is 3.06. The lowest BCUT2D eigenvalue weighted by molar-refractivity contribution is -0.129. The van der Waals surface area contributed by atoms with Crippen LogP contribution in [0.3, 0.4) is 0 Å². The summed E-state index contributed by atoms with van der Waals surface area (Å²) in [6, 6.07) is 11.1. The Kier molecular flexibility index (Phi) is 3.98. The van der Waals surface area contributed by atoms with Crippen LogP contribution in [0.1, 0.15) is 5.56 Å². The lowest BCUT2D eigenvalue weighted by atomic mass is 10.0. The van der Waals surface area contributed by atoms with Crippen molar-refractivity contribution >= 4 is 22.7 Å². The largest absolute Gasteiger partial charge is 0.483 e. The van der Waals surface area contributed by atoms with Crippen LogP contribution in [0.15, 0.2) is 36.4 Å². The second kappa shape index (κ2) is 6.32. The molecule has 26 heavy (non-hydrogen) atoms. The van der Waals surface area contributed by atoms with E-state index in [1.165, 1.54) is 7.11 Å². The van der Waals surface area contributed by atoms with Crippen molar-refractivity contribution in [3.05, 3.63) is 42.0 Å². The monoisotopic (exact) mass is 354 g/mol. The van der Waals surface area contributed by atoms with Crippen LogP contribution in [0.2, 0.25) is 0 Å². The van der Waals surface area contributed by atoms with Crippen molar-refractivity contribution in [2.24, 2.45) is 0 Å². The predicted molar refractivity (Wildman–Crippen MR) is 96.0 cm³/mol. The standard InChI is InChI=1S/C18H18N4O4/c1-24-17(23)13-7-10-12(25-9-5-3-2-4-6-9)8-11-14(15(10)26-13)16(19)22-18(20)21-11/h2-6,8,13,17,23H,7H2,1H3,(H4,19,20,21,22). The van der Waals surface area contributed by atoms with E-state index in [-0.39, 0.29) is 11.8 Å². The molecule has 2 unspecified atom stereocenters. The van der Waals surface area contributed by atoms with Crippen molar-refractivity contribution < 1.29 is 19.3 Å². The van der Waals surface area contributed by atoms with Crippen LogP contribution in [-0.4, -0.2) is 34.6 Å². The van der Waals surface area contributed by atoms with E-state index in [1.807, 2.05) is 30.3 Å². The van der Waals surface area contributed by atoms with Gasteiger partial charge in [-0.25, -0.2) is 4.98 Å². The number of para-hydroxylation sites is 1. The number of aliphatic hydroxyl groups excluding tert-OH is 1. The molecule has 2 heterocycles. The molecule has 0 bridgehead atoms. The van der Waals surface area contributed by atoms with Gasteiger partial charge >= 0.3 is 0 Å². The van der Waals surface area contributed by atoms with Gasteiger partial charge in [-0.1, -0.05) is 18.2 Å². The normalized spacial score (nSPS) is 16.9. The minimum absolute atomic E-state index is 0.0621. The molecule has 4 rings (SSSR count). The first kappa shape index (κ1) is 16.4. The van der Waals surface area contributed by atoms with Crippen LogP contribution in [0, 0.1) is 0 Å². The molecule has 0 spiro atoms. The molecule has 0 radical (unpaired) electrons. The minimum atomic E-state index is -1.09. The molecule has 1 aromatic heterocycles. The number of anilines is 2. The Labute approximate surface area is 149 Å². The van der Waals surface area contributed by atoms with E-state index >= 15 is 0 Å². The van der Waals surface area contributed by atoms with Crippen molar-refractivity contribution in [3.63, 3.8) is 0 Å². The Balaban J connectivity index is 1.88. The highest BCUT2D eigenvalue weighted by Crippen LogP contribution is 2.45. The Morgan fingerprint density at radius 3 is 2.73 bits per heavy atom. The van der Waals surface area contributed by atoms with Gasteiger partial charge in [-0.3, -0.25) is 0 Å². The van der Waals surface area contributed by atoms with Gasteiger partial charge in [0.25, 0.3) is 0 Å². The zero-order valence-electron chi connectivity index (χ0n) is 14.0. The highest BCUT2D eigenvalue weighted by atomic mass is 16.6. The third kappa shape index (κ3) is 2.75. The Hall–Kier alpha value is -3.10. The summed E-state index contributed by atoms with van der Waals surface area (Å²) in [7, 11) is 1.41. The molecule has 2 atom stereocenters. The first-order valence-corrected chi connectivity index (χ1v) is 8.06. The van der Waals surface area contributed by atoms with E-state index in [4.69, 9.17) is 25.7 Å². The average molecular weight is 354 g/mol. The number of ether oxygens (including phenoxy) is 3. The fraction of sp³-hybridized carbons (Fsp3) is 0.222. The first-order valence-electron chi connectivity index (χ1n) is 8.06. The van der Waals surface area contributed by atoms with Crippen molar-refractivity contribution in [1.29, 1.82) is 0 Å². The third-order valence-electron chi connectivity index (χ3n) is 4.25. The quantitative estimate of drug-likeness (QED) is 0.606. The van der Waals surface area contributed by atoms with Crippen LogP contribution in [0.5, 0.6) is 17.2 Å². The van der Waals surface area contributed by atoms with Gasteiger partial charge < -0.3 is 30.8 Å². The predicted octanol–water partition coefficient (Wildman–Crippen LogP) is 1.85. The molecule has 0 aliphatic carbocycles. The number of hydrogen-bond acceptors (Lipinski definition) is 8. The van der Waals surface area contributed by atoms with Gasteiger partial charge in [0, 0.05) is 25.2 Å². The van der Waals surface area contributed by atoms with Gasteiger partial charge in [0.15, 0.2) is 12.4 Å². The second-order valence-corrected chi connectivity index (χ2v) is 5.95. The summed E-state index contributed by atoms with van der Waals surface area (Å²) in [5.74, 6) is 1.98. The molecular formula is C18H18N4O4. The maximum absolute atomic E-state index is 10.0. The maximum atomic E-state index is 10.0. The molecule has 0 fully saturated rings. The summed E-state index contributed by atoms with van der Waals surface area (Å²) >= 11 is 0. The van der Waals surface area contributed by atoms with Crippen molar-refractivity contribution in [1.82, 2.24) is 9.97 Å². The molecule has 5 N–H and O–H groups in total. The highest BCUT2D eigenvalue weighted by molar-refractivity contribution is 5.97. The van der Waals surface area contributed by atoms with Crippen LogP contribution >= 0.6 is 0 Å². The summed E-state index contributed by atoms with van der Waals surface area (Å²) < 4.78 is 16.9. The molecule has 1 aliphatic rings. The smallest absolute Gasteiger partial charge is 0.222 e. The second-order valence-electron chi connectivity index (χ2n) is 5.95. The van der Waals surface area contributed by atoms with E-state index in [0.29, 0.717) is 34.6 Å². The van der Waals surface area contributed by atoms with Crippen LogP contribution in [-0.2, 0) is 11.2 Å². The number of aliphatic hydroxyl groups is 1. The Bertz CT molecular complexity index is 965. The average Bonchev–Trinajstić information content (AvgIpc) is 3.06. The van der Waals surface area contributed by atoms with Gasteiger partial charge in [-0.05, 0) is 12.1 Å². The van der Waals surface area contributed by atoms with E-state index in [1.54, 1.807) is 6.07 Å². The van der Waals surface area contributed by atoms with E-state index in [2.05, 4.69) is 9.97 Å². The van der Waals surface area contributed by atoms with Crippen LogP contribution in [0.4, 0.5) is 11.8 Å². The number of aromatic nitrogens is 2. The van der Waals surface area contributed by atoms with Crippen molar-refractivity contribution in [3.8, 4) is 17.2 Å². The molecule has 8 nitrogen and oxygen atoms in total. The number of nitrogens with zero attached hydrogens (tertiary/aromatic N) is 2. The molecule has 0 amide bonds. The molecule has 1 aliphatic heterocycles. The van der Waals surface area contributed by atoms with Crippen LogP contribution < -0.4 is 20.9 Å².